The Hall–Kier alpha value is -3.88. The minimum Gasteiger partial charge on any atom is -0.493 e. The van der Waals surface area contributed by atoms with Crippen LogP contribution in [-0.2, 0) is 9.53 Å². The quantitative estimate of drug-likeness (QED) is 0.315. The number of hydrogen-bond acceptors (Lipinski definition) is 9. The fourth-order valence-corrected chi connectivity index (χ4v) is 4.25. The van der Waals surface area contributed by atoms with E-state index in [-0.39, 0.29) is 6.79 Å². The van der Waals surface area contributed by atoms with Crippen LogP contribution in [0.1, 0.15) is 22.6 Å². The van der Waals surface area contributed by atoms with Gasteiger partial charge in [0.15, 0.2) is 23.0 Å². The molecule has 1 heterocycles. The van der Waals surface area contributed by atoms with Crippen molar-refractivity contribution in [3.63, 3.8) is 0 Å². The predicted octanol–water partition coefficient (Wildman–Crippen LogP) is 3.22. The maximum Gasteiger partial charge on any atom is 0.314 e. The molecule has 2 aromatic rings. The Bertz CT molecular complexity index is 1080. The second kappa shape index (κ2) is 8.70. The van der Waals surface area contributed by atoms with E-state index in [0.717, 1.165) is 11.1 Å². The summed E-state index contributed by atoms with van der Waals surface area (Å²) in [4.78, 5) is 13.0. The van der Waals surface area contributed by atoms with E-state index in [0.29, 0.717) is 39.9 Å². The van der Waals surface area contributed by atoms with E-state index in [1.807, 2.05) is 12.1 Å². The Morgan fingerprint density at radius 2 is 1.69 bits per heavy atom. The number of nitrogens with zero attached hydrogens (tertiary/aromatic N) is 1. The van der Waals surface area contributed by atoms with Gasteiger partial charge in [-0.1, -0.05) is 5.16 Å². The molecule has 0 amide bonds. The van der Waals surface area contributed by atoms with Crippen LogP contribution in [0.4, 0.5) is 0 Å². The highest BCUT2D eigenvalue weighted by molar-refractivity contribution is 5.97. The van der Waals surface area contributed by atoms with Crippen LogP contribution < -0.4 is 23.7 Å². The third kappa shape index (κ3) is 3.45. The van der Waals surface area contributed by atoms with Gasteiger partial charge in [0.2, 0.25) is 12.5 Å². The molecule has 0 saturated carbocycles. The lowest BCUT2D eigenvalue weighted by Crippen LogP contribution is -2.30. The number of oxime groups is 1. The zero-order chi connectivity index (χ0) is 22.8. The molecule has 0 spiro atoms. The highest BCUT2D eigenvalue weighted by Gasteiger charge is 2.40. The second-order valence-corrected chi connectivity index (χ2v) is 7.16. The van der Waals surface area contributed by atoms with Crippen LogP contribution in [-0.4, -0.2) is 52.6 Å². The highest BCUT2D eigenvalue weighted by Crippen LogP contribution is 2.50. The molecular weight excluding hydrogens is 418 g/mol. The molecular formula is C23H23NO8. The van der Waals surface area contributed by atoms with Gasteiger partial charge in [-0.15, -0.1) is 0 Å². The summed E-state index contributed by atoms with van der Waals surface area (Å²) >= 11 is 0. The van der Waals surface area contributed by atoms with Crippen LogP contribution in [0.3, 0.4) is 0 Å². The maximum atomic E-state index is 13.0. The van der Waals surface area contributed by atoms with Gasteiger partial charge in [0.05, 0.1) is 40.6 Å². The van der Waals surface area contributed by atoms with Gasteiger partial charge in [0, 0.05) is 5.92 Å². The number of benzene rings is 2. The molecule has 2 aliphatic rings. The zero-order valence-electron chi connectivity index (χ0n) is 18.1. The van der Waals surface area contributed by atoms with Crippen molar-refractivity contribution in [2.45, 2.75) is 5.92 Å². The monoisotopic (exact) mass is 441 g/mol. The molecule has 168 valence electrons. The second-order valence-electron chi connectivity index (χ2n) is 7.16. The smallest absolute Gasteiger partial charge is 0.314 e. The fourth-order valence-electron chi connectivity index (χ4n) is 4.25. The van der Waals surface area contributed by atoms with E-state index in [2.05, 4.69) is 5.16 Å². The fraction of sp³-hybridized carbons (Fsp3) is 0.304. The van der Waals surface area contributed by atoms with Crippen molar-refractivity contribution >= 4 is 18.3 Å². The van der Waals surface area contributed by atoms with Crippen LogP contribution >= 0.6 is 0 Å². The normalized spacial score (nSPS) is 18.7. The SMILES string of the molecule is COC(=O)[C@@H]1C(/C=N/O)=Cc2cc3c(cc2[C@H]1c1cc(OC)c(OC)c(OC)c1)OCO3. The number of carbonyl (C=O) groups excluding carboxylic acids is 1. The molecule has 2 aromatic carbocycles. The summed E-state index contributed by atoms with van der Waals surface area (Å²) in [7, 11) is 5.88. The zero-order valence-corrected chi connectivity index (χ0v) is 18.1. The van der Waals surface area contributed by atoms with Gasteiger partial charge in [-0.05, 0) is 52.6 Å². The van der Waals surface area contributed by atoms with Crippen molar-refractivity contribution in [3.05, 3.63) is 46.5 Å². The number of esters is 1. The molecule has 0 aromatic heterocycles. The van der Waals surface area contributed by atoms with Crippen LogP contribution in [0.2, 0.25) is 0 Å². The van der Waals surface area contributed by atoms with Gasteiger partial charge < -0.3 is 33.6 Å². The number of carbonyl (C=O) groups is 1. The van der Waals surface area contributed by atoms with Crippen molar-refractivity contribution in [3.8, 4) is 28.7 Å². The number of fused-ring (bicyclic) bond motifs is 2. The summed E-state index contributed by atoms with van der Waals surface area (Å²) in [5.74, 6) is 0.684. The van der Waals surface area contributed by atoms with Crippen molar-refractivity contribution in [1.29, 1.82) is 0 Å². The largest absolute Gasteiger partial charge is 0.493 e. The van der Waals surface area contributed by atoms with Crippen molar-refractivity contribution in [1.82, 2.24) is 0 Å². The van der Waals surface area contributed by atoms with Crippen molar-refractivity contribution in [2.75, 3.05) is 35.2 Å². The Morgan fingerprint density at radius 1 is 1.03 bits per heavy atom. The van der Waals surface area contributed by atoms with Gasteiger partial charge in [-0.3, -0.25) is 4.79 Å². The Labute approximate surface area is 184 Å². The Morgan fingerprint density at radius 3 is 2.25 bits per heavy atom. The molecule has 0 bridgehead atoms. The maximum absolute atomic E-state index is 13.0. The number of methoxy groups -OCH3 is 4. The van der Waals surface area contributed by atoms with Crippen LogP contribution in [0.5, 0.6) is 28.7 Å². The van der Waals surface area contributed by atoms with Crippen LogP contribution in [0.15, 0.2) is 35.0 Å². The first-order chi connectivity index (χ1) is 15.6. The molecule has 1 aliphatic carbocycles. The van der Waals surface area contributed by atoms with Gasteiger partial charge >= 0.3 is 5.97 Å². The summed E-state index contributed by atoms with van der Waals surface area (Å²) in [5.41, 5.74) is 2.80. The molecule has 1 N–H and O–H groups in total. The van der Waals surface area contributed by atoms with E-state index in [1.54, 1.807) is 18.2 Å². The molecule has 32 heavy (non-hydrogen) atoms. The summed E-state index contributed by atoms with van der Waals surface area (Å²) < 4.78 is 32.7. The molecule has 0 unspecified atom stereocenters. The first-order valence-corrected chi connectivity index (χ1v) is 9.76. The van der Waals surface area contributed by atoms with Crippen LogP contribution in [0, 0.1) is 5.92 Å². The highest BCUT2D eigenvalue weighted by atomic mass is 16.7. The first kappa shape index (κ1) is 21.4. The Kier molecular flexibility index (Phi) is 5.81. The topological polar surface area (TPSA) is 105 Å². The van der Waals surface area contributed by atoms with E-state index >= 15 is 0 Å². The van der Waals surface area contributed by atoms with E-state index in [4.69, 9.17) is 28.4 Å². The van der Waals surface area contributed by atoms with Crippen molar-refractivity contribution in [2.24, 2.45) is 11.1 Å². The van der Waals surface area contributed by atoms with Gasteiger partial charge in [-0.25, -0.2) is 0 Å². The number of ether oxygens (including phenoxy) is 6. The lowest BCUT2D eigenvalue weighted by atomic mass is 9.71. The average Bonchev–Trinajstić information content (AvgIpc) is 3.27. The Balaban J connectivity index is 2.00. The minimum absolute atomic E-state index is 0.113. The molecule has 0 radical (unpaired) electrons. The summed E-state index contributed by atoms with van der Waals surface area (Å²) in [6.07, 6.45) is 3.01. The molecule has 4 rings (SSSR count). The summed E-state index contributed by atoms with van der Waals surface area (Å²) in [6, 6.07) is 7.26. The van der Waals surface area contributed by atoms with E-state index in [1.165, 1.54) is 34.7 Å². The van der Waals surface area contributed by atoms with E-state index in [9.17, 15) is 10.0 Å². The lowest BCUT2D eigenvalue weighted by Gasteiger charge is -2.32. The average molecular weight is 441 g/mol. The molecule has 1 aliphatic heterocycles. The number of rotatable bonds is 6. The molecule has 9 heteroatoms. The van der Waals surface area contributed by atoms with E-state index < -0.39 is 17.8 Å². The standard InChI is InChI=1S/C23H23NO8/c1-27-18-7-13(8-19(28-2)22(18)29-3)20-15-9-17-16(31-11-32-17)6-12(15)5-14(10-24-26)21(20)23(25)30-4/h5-10,20-21,26H,11H2,1-4H3/b24-10+/t20-,21-/m1/s1. The summed E-state index contributed by atoms with van der Waals surface area (Å²) in [5, 5.41) is 12.4. The number of hydrogen-bond donors (Lipinski definition) is 1. The predicted molar refractivity (Wildman–Crippen MR) is 114 cm³/mol. The molecule has 2 atom stereocenters. The first-order valence-electron chi connectivity index (χ1n) is 9.76. The van der Waals surface area contributed by atoms with Gasteiger partial charge in [-0.2, -0.15) is 0 Å². The lowest BCUT2D eigenvalue weighted by molar-refractivity contribution is -0.144. The van der Waals surface area contributed by atoms with Crippen LogP contribution in [0.25, 0.3) is 6.08 Å². The third-order valence-electron chi connectivity index (χ3n) is 5.64. The van der Waals surface area contributed by atoms with Gasteiger partial charge in [0.1, 0.15) is 0 Å². The molecule has 0 saturated heterocycles. The summed E-state index contributed by atoms with van der Waals surface area (Å²) in [6.45, 7) is 0.113. The minimum atomic E-state index is -0.799. The molecule has 0 fully saturated rings. The van der Waals surface area contributed by atoms with Gasteiger partial charge in [0.25, 0.3) is 0 Å². The molecule has 9 nitrogen and oxygen atoms in total. The third-order valence-corrected chi connectivity index (χ3v) is 5.64. The van der Waals surface area contributed by atoms with Crippen molar-refractivity contribution < 1.29 is 38.4 Å².